The van der Waals surface area contributed by atoms with Crippen LogP contribution in [0.4, 0.5) is 4.79 Å². The van der Waals surface area contributed by atoms with E-state index in [1.165, 1.54) is 0 Å². The lowest BCUT2D eigenvalue weighted by Gasteiger charge is -1.72. The van der Waals surface area contributed by atoms with Crippen LogP contribution in [0, 0.1) is 0 Å². The minimum atomic E-state index is -1.83. The Morgan fingerprint density at radius 2 is 0.786 bits per heavy atom. The van der Waals surface area contributed by atoms with Crippen LogP contribution in [0.15, 0.2) is 0 Å². The molecule has 0 saturated heterocycles. The molecule has 0 aliphatic carbocycles. The fraction of sp³-hybridized carbons (Fsp3) is 0.200. The maximum absolute atomic E-state index is 9.10. The minimum absolute atomic E-state index is 0.833. The van der Waals surface area contributed by atoms with E-state index in [4.69, 9.17) is 44.7 Å². The van der Waals surface area contributed by atoms with Crippen LogP contribution in [0.3, 0.4) is 0 Å². The Kier molecular flexibility index (Phi) is 13.5. The Morgan fingerprint density at radius 1 is 0.714 bits per heavy atom. The lowest BCUT2D eigenvalue weighted by molar-refractivity contribution is -0.159. The third-order valence-corrected chi connectivity index (χ3v) is 0.183. The third kappa shape index (κ3) is 258. The second-order valence-electron chi connectivity index (χ2n) is 1.41. The van der Waals surface area contributed by atoms with Crippen LogP contribution in [-0.4, -0.2) is 49.6 Å². The molecule has 0 aliphatic heterocycles. The van der Waals surface area contributed by atoms with Gasteiger partial charge in [-0.1, -0.05) is 0 Å². The highest BCUT2D eigenvalue weighted by Crippen LogP contribution is 1.56. The molecule has 0 aliphatic rings. The summed E-state index contributed by atoms with van der Waals surface area (Å²) in [5, 5.41) is 36.1. The number of hydrogen-bond donors (Lipinski definition) is 5. The molecule has 0 aromatic carbocycles. The van der Waals surface area contributed by atoms with Crippen molar-refractivity contribution in [2.45, 2.75) is 6.92 Å². The van der Waals surface area contributed by atoms with E-state index in [9.17, 15) is 0 Å². The minimum Gasteiger partial charge on any atom is -0.481 e. The normalized spacial score (nSPS) is 6.64. The van der Waals surface area contributed by atoms with E-state index >= 15 is 0 Å². The van der Waals surface area contributed by atoms with Crippen LogP contribution >= 0.6 is 0 Å². The van der Waals surface area contributed by atoms with E-state index in [2.05, 4.69) is 0 Å². The summed E-state index contributed by atoms with van der Waals surface area (Å²) >= 11 is 0. The first-order chi connectivity index (χ1) is 6.11. The van der Waals surface area contributed by atoms with E-state index in [1.807, 2.05) is 0 Å². The second kappa shape index (κ2) is 10.7. The molecule has 9 nitrogen and oxygen atoms in total. The maximum atomic E-state index is 9.10. The van der Waals surface area contributed by atoms with Gasteiger partial charge in [-0.05, 0) is 0 Å². The van der Waals surface area contributed by atoms with Gasteiger partial charge in [0.1, 0.15) is 0 Å². The van der Waals surface area contributed by atoms with Crippen LogP contribution in [-0.2, 0) is 14.4 Å². The van der Waals surface area contributed by atoms with Gasteiger partial charge in [0.15, 0.2) is 0 Å². The highest BCUT2D eigenvalue weighted by molar-refractivity contribution is 6.27. The fourth-order valence-corrected chi connectivity index (χ4v) is 0. The average Bonchev–Trinajstić information content (AvgIpc) is 1.83. The zero-order chi connectivity index (χ0) is 12.3. The molecular formula is C5H8O9. The molecule has 0 fully saturated rings. The van der Waals surface area contributed by atoms with Crippen LogP contribution in [0.1, 0.15) is 6.92 Å². The molecule has 0 aromatic heterocycles. The van der Waals surface area contributed by atoms with Crippen molar-refractivity contribution in [1.29, 1.82) is 0 Å². The molecule has 0 heterocycles. The monoisotopic (exact) mass is 212 g/mol. The summed E-state index contributed by atoms with van der Waals surface area (Å²) in [6.07, 6.45) is -1.83. The van der Waals surface area contributed by atoms with Gasteiger partial charge in [0, 0.05) is 6.92 Å². The van der Waals surface area contributed by atoms with Crippen molar-refractivity contribution in [1.82, 2.24) is 0 Å². The van der Waals surface area contributed by atoms with Gasteiger partial charge in [0.25, 0.3) is 5.97 Å². The quantitative estimate of drug-likeness (QED) is 0.331. The van der Waals surface area contributed by atoms with Crippen molar-refractivity contribution >= 4 is 24.1 Å². The summed E-state index contributed by atoms with van der Waals surface area (Å²) in [5.41, 5.74) is 0. The molecule has 0 amide bonds. The molecule has 0 bridgehead atoms. The summed E-state index contributed by atoms with van der Waals surface area (Å²) in [5.74, 6) is -4.48. The summed E-state index contributed by atoms with van der Waals surface area (Å²) in [6.45, 7) is 1.08. The predicted molar refractivity (Wildman–Crippen MR) is 39.2 cm³/mol. The van der Waals surface area contributed by atoms with Gasteiger partial charge in [-0.15, -0.1) is 0 Å². The molecule has 0 spiro atoms. The smallest absolute Gasteiger partial charge is 0.481 e. The number of carboxylic acids is 3. The first-order valence-corrected chi connectivity index (χ1v) is 2.68. The number of rotatable bonds is 0. The van der Waals surface area contributed by atoms with E-state index in [-0.39, 0.29) is 0 Å². The number of carbonyl (C=O) groups is 4. The van der Waals surface area contributed by atoms with E-state index in [0.717, 1.165) is 6.92 Å². The summed E-state index contributed by atoms with van der Waals surface area (Å²) in [7, 11) is 0. The highest BCUT2D eigenvalue weighted by Gasteiger charge is 2.04. The van der Waals surface area contributed by atoms with E-state index < -0.39 is 24.1 Å². The van der Waals surface area contributed by atoms with Crippen molar-refractivity contribution in [2.24, 2.45) is 0 Å². The third-order valence-electron chi connectivity index (χ3n) is 0.183. The van der Waals surface area contributed by atoms with Gasteiger partial charge in [-0.25, -0.2) is 14.4 Å². The topological polar surface area (TPSA) is 169 Å². The first-order valence-electron chi connectivity index (χ1n) is 2.68. The Bertz CT molecular complexity index is 185. The Morgan fingerprint density at radius 3 is 0.786 bits per heavy atom. The summed E-state index contributed by atoms with van der Waals surface area (Å²) < 4.78 is 0. The molecule has 0 saturated carbocycles. The highest BCUT2D eigenvalue weighted by atomic mass is 16.6. The number of aliphatic carboxylic acids is 3. The molecule has 0 rings (SSSR count). The molecule has 82 valence electrons. The van der Waals surface area contributed by atoms with E-state index in [1.54, 1.807) is 0 Å². The van der Waals surface area contributed by atoms with E-state index in [0.29, 0.717) is 0 Å². The van der Waals surface area contributed by atoms with Crippen LogP contribution < -0.4 is 0 Å². The lowest BCUT2D eigenvalue weighted by atomic mass is 10.7. The summed E-state index contributed by atoms with van der Waals surface area (Å²) in [4.78, 5) is 35.8. The Balaban J connectivity index is -0.000000135. The predicted octanol–water partition coefficient (Wildman–Crippen LogP) is -0.531. The SMILES string of the molecule is CC(=O)O.O=C(O)C(=O)O.O=C(O)O. The first kappa shape index (κ1) is 17.7. The molecular weight excluding hydrogens is 204 g/mol. The molecule has 5 N–H and O–H groups in total. The van der Waals surface area contributed by atoms with Gasteiger partial charge in [-0.2, -0.15) is 0 Å². The molecule has 0 atom stereocenters. The van der Waals surface area contributed by atoms with Crippen molar-refractivity contribution in [3.63, 3.8) is 0 Å². The number of carboxylic acid groups (broad SMARTS) is 5. The Labute approximate surface area is 76.8 Å². The summed E-state index contributed by atoms with van der Waals surface area (Å²) in [6, 6.07) is 0. The van der Waals surface area contributed by atoms with Crippen molar-refractivity contribution < 1.29 is 44.7 Å². The number of hydrogen-bond acceptors (Lipinski definition) is 4. The lowest BCUT2D eigenvalue weighted by Crippen LogP contribution is -2.09. The fourth-order valence-electron chi connectivity index (χ4n) is 0. The van der Waals surface area contributed by atoms with Crippen molar-refractivity contribution in [3.05, 3.63) is 0 Å². The maximum Gasteiger partial charge on any atom is 0.503 e. The Hall–Kier alpha value is -2.32. The van der Waals surface area contributed by atoms with Crippen LogP contribution in [0.25, 0.3) is 0 Å². The molecule has 9 heteroatoms. The van der Waals surface area contributed by atoms with Crippen molar-refractivity contribution in [2.75, 3.05) is 0 Å². The largest absolute Gasteiger partial charge is 0.503 e. The second-order valence-corrected chi connectivity index (χ2v) is 1.41. The molecule has 0 unspecified atom stereocenters. The van der Waals surface area contributed by atoms with Crippen molar-refractivity contribution in [3.8, 4) is 0 Å². The van der Waals surface area contributed by atoms with Crippen LogP contribution in [0.2, 0.25) is 0 Å². The van der Waals surface area contributed by atoms with Gasteiger partial charge in [0.2, 0.25) is 0 Å². The van der Waals surface area contributed by atoms with Gasteiger partial charge >= 0.3 is 18.1 Å². The van der Waals surface area contributed by atoms with Gasteiger partial charge in [-0.3, -0.25) is 4.79 Å². The zero-order valence-corrected chi connectivity index (χ0v) is 6.87. The molecule has 0 aromatic rings. The zero-order valence-electron chi connectivity index (χ0n) is 6.87. The average molecular weight is 212 g/mol. The standard InChI is InChI=1S/C2H2O4.C2H4O2.CH2O3/c3-1(4)2(5)6;1-2(3)4;2-1(3)4/h(H,3,4)(H,5,6);1H3,(H,3,4);(H2,2,3,4). The van der Waals surface area contributed by atoms with Crippen LogP contribution in [0.5, 0.6) is 0 Å². The molecule has 0 radical (unpaired) electrons. The van der Waals surface area contributed by atoms with Gasteiger partial charge in [0.05, 0.1) is 0 Å². The van der Waals surface area contributed by atoms with Gasteiger partial charge < -0.3 is 25.5 Å². The molecule has 14 heavy (non-hydrogen) atoms.